The van der Waals surface area contributed by atoms with Crippen molar-refractivity contribution in [2.24, 2.45) is 0 Å². The van der Waals surface area contributed by atoms with Gasteiger partial charge in [0.15, 0.2) is 5.69 Å². The topological polar surface area (TPSA) is 50.2 Å². The molecule has 0 aromatic carbocycles. The second-order valence-electron chi connectivity index (χ2n) is 2.29. The Morgan fingerprint density at radius 1 is 1.77 bits per heavy atom. The van der Waals surface area contributed by atoms with Gasteiger partial charge in [0.25, 0.3) is 0 Å². The van der Waals surface area contributed by atoms with Gasteiger partial charge >= 0.3 is 5.97 Å². The predicted octanol–water partition coefficient (Wildman–Crippen LogP) is 2.17. The van der Waals surface area contributed by atoms with Crippen LogP contribution in [-0.2, 0) is 0 Å². The van der Waals surface area contributed by atoms with E-state index in [1.165, 1.54) is 16.7 Å². The highest BCUT2D eigenvalue weighted by Gasteiger charge is 2.05. The number of aromatic carboxylic acids is 1. The van der Waals surface area contributed by atoms with E-state index < -0.39 is 5.97 Å². The largest absolute Gasteiger partial charge is 0.476 e. The fraction of sp³-hybridized carbons (Fsp3) is 0.250. The highest BCUT2D eigenvalue weighted by Crippen LogP contribution is 2.11. The third kappa shape index (κ3) is 3.20. The first-order valence-corrected chi connectivity index (χ1v) is 5.21. The van der Waals surface area contributed by atoms with Gasteiger partial charge in [0.05, 0.1) is 0 Å². The Hall–Kier alpha value is -0.810. The van der Waals surface area contributed by atoms with Crippen molar-refractivity contribution in [3.63, 3.8) is 0 Å². The minimum absolute atomic E-state index is 0.107. The van der Waals surface area contributed by atoms with E-state index in [9.17, 15) is 4.79 Å². The first-order valence-electron chi connectivity index (χ1n) is 3.70. The number of allylic oxidation sites excluding steroid dienone is 1. The SMILES string of the molecule is O=C(O)c1csc(C=CCCS)n1. The molecular formula is C8H9NO2S2. The summed E-state index contributed by atoms with van der Waals surface area (Å²) in [6, 6.07) is 0. The van der Waals surface area contributed by atoms with Crippen molar-refractivity contribution in [1.82, 2.24) is 4.98 Å². The highest BCUT2D eigenvalue weighted by atomic mass is 32.1. The van der Waals surface area contributed by atoms with Crippen molar-refractivity contribution in [3.05, 3.63) is 22.2 Å². The monoisotopic (exact) mass is 215 g/mol. The molecule has 0 saturated carbocycles. The second-order valence-corrected chi connectivity index (χ2v) is 3.63. The minimum atomic E-state index is -0.981. The molecule has 0 fully saturated rings. The van der Waals surface area contributed by atoms with Crippen molar-refractivity contribution in [2.45, 2.75) is 6.42 Å². The molecule has 70 valence electrons. The van der Waals surface area contributed by atoms with Crippen LogP contribution >= 0.6 is 24.0 Å². The molecule has 0 amide bonds. The molecule has 0 saturated heterocycles. The first-order chi connectivity index (χ1) is 6.24. The number of nitrogens with zero attached hydrogens (tertiary/aromatic N) is 1. The summed E-state index contributed by atoms with van der Waals surface area (Å²) in [4.78, 5) is 14.3. The summed E-state index contributed by atoms with van der Waals surface area (Å²) in [5, 5.41) is 10.8. The van der Waals surface area contributed by atoms with E-state index in [0.29, 0.717) is 0 Å². The number of rotatable bonds is 4. The Labute approximate surface area is 85.5 Å². The zero-order valence-electron chi connectivity index (χ0n) is 6.80. The molecule has 0 bridgehead atoms. The summed E-state index contributed by atoms with van der Waals surface area (Å²) < 4.78 is 0. The molecule has 1 aromatic rings. The molecule has 1 N–H and O–H groups in total. The van der Waals surface area contributed by atoms with E-state index in [4.69, 9.17) is 5.11 Å². The van der Waals surface area contributed by atoms with Gasteiger partial charge in [-0.1, -0.05) is 6.08 Å². The van der Waals surface area contributed by atoms with Crippen LogP contribution in [-0.4, -0.2) is 21.8 Å². The van der Waals surface area contributed by atoms with Crippen LogP contribution in [0.25, 0.3) is 6.08 Å². The molecule has 0 spiro atoms. The smallest absolute Gasteiger partial charge is 0.355 e. The van der Waals surface area contributed by atoms with E-state index >= 15 is 0 Å². The maximum absolute atomic E-state index is 10.5. The summed E-state index contributed by atoms with van der Waals surface area (Å²) in [7, 11) is 0. The van der Waals surface area contributed by atoms with Crippen LogP contribution in [0.15, 0.2) is 11.5 Å². The van der Waals surface area contributed by atoms with Crippen LogP contribution in [0.3, 0.4) is 0 Å². The van der Waals surface area contributed by atoms with Crippen LogP contribution in [0, 0.1) is 0 Å². The summed E-state index contributed by atoms with van der Waals surface area (Å²) in [5.41, 5.74) is 0.107. The van der Waals surface area contributed by atoms with Crippen molar-refractivity contribution < 1.29 is 9.90 Å². The van der Waals surface area contributed by atoms with Crippen LogP contribution in [0.4, 0.5) is 0 Å². The number of aromatic nitrogens is 1. The van der Waals surface area contributed by atoms with Crippen molar-refractivity contribution in [3.8, 4) is 0 Å². The standard InChI is InChI=1S/C8H9NO2S2/c10-8(11)6-5-13-7(9-6)3-1-2-4-12/h1,3,5,12H,2,4H2,(H,10,11). The van der Waals surface area contributed by atoms with E-state index in [2.05, 4.69) is 17.6 Å². The van der Waals surface area contributed by atoms with Crippen molar-refractivity contribution >= 4 is 36.0 Å². The molecule has 3 nitrogen and oxygen atoms in total. The molecule has 0 aliphatic rings. The van der Waals surface area contributed by atoms with Gasteiger partial charge in [-0.3, -0.25) is 0 Å². The number of carboxylic acid groups (broad SMARTS) is 1. The lowest BCUT2D eigenvalue weighted by Gasteiger charge is -1.83. The van der Waals surface area contributed by atoms with Gasteiger partial charge in [0.2, 0.25) is 0 Å². The molecule has 0 aliphatic carbocycles. The average Bonchev–Trinajstić information content (AvgIpc) is 2.53. The van der Waals surface area contributed by atoms with E-state index in [1.54, 1.807) is 0 Å². The Bertz CT molecular complexity index is 320. The minimum Gasteiger partial charge on any atom is -0.476 e. The number of thiazole rings is 1. The van der Waals surface area contributed by atoms with E-state index in [1.807, 2.05) is 12.2 Å². The third-order valence-corrected chi connectivity index (χ3v) is 2.37. The summed E-state index contributed by atoms with van der Waals surface area (Å²) in [6.45, 7) is 0. The number of thiol groups is 1. The Morgan fingerprint density at radius 2 is 2.54 bits per heavy atom. The second kappa shape index (κ2) is 5.04. The number of carboxylic acids is 1. The lowest BCUT2D eigenvalue weighted by Crippen LogP contribution is -1.95. The Balaban J connectivity index is 2.64. The van der Waals surface area contributed by atoms with Gasteiger partial charge in [0, 0.05) is 5.38 Å². The highest BCUT2D eigenvalue weighted by molar-refractivity contribution is 7.80. The van der Waals surface area contributed by atoms with Gasteiger partial charge in [-0.15, -0.1) is 11.3 Å². The van der Waals surface area contributed by atoms with Crippen LogP contribution < -0.4 is 0 Å². The Morgan fingerprint density at radius 3 is 3.08 bits per heavy atom. The maximum Gasteiger partial charge on any atom is 0.355 e. The van der Waals surface area contributed by atoms with Gasteiger partial charge in [0.1, 0.15) is 5.01 Å². The van der Waals surface area contributed by atoms with Crippen molar-refractivity contribution in [2.75, 3.05) is 5.75 Å². The molecule has 0 aliphatic heterocycles. The van der Waals surface area contributed by atoms with E-state index in [-0.39, 0.29) is 5.69 Å². The lowest BCUT2D eigenvalue weighted by molar-refractivity contribution is 0.0691. The molecular weight excluding hydrogens is 206 g/mol. The fourth-order valence-electron chi connectivity index (χ4n) is 0.721. The molecule has 1 heterocycles. The van der Waals surface area contributed by atoms with Crippen LogP contribution in [0.5, 0.6) is 0 Å². The fourth-order valence-corrected chi connectivity index (χ4v) is 1.58. The summed E-state index contributed by atoms with van der Waals surface area (Å²) in [6.07, 6.45) is 4.61. The summed E-state index contributed by atoms with van der Waals surface area (Å²) >= 11 is 5.37. The first kappa shape index (κ1) is 10.3. The van der Waals surface area contributed by atoms with Crippen molar-refractivity contribution in [1.29, 1.82) is 0 Å². The van der Waals surface area contributed by atoms with Gasteiger partial charge in [-0.25, -0.2) is 9.78 Å². The number of hydrogen-bond donors (Lipinski definition) is 2. The normalized spacial score (nSPS) is 10.8. The molecule has 0 radical (unpaired) electrons. The number of carbonyl (C=O) groups is 1. The molecule has 1 aromatic heterocycles. The summed E-state index contributed by atoms with van der Waals surface area (Å²) in [5.74, 6) is -0.196. The number of hydrogen-bond acceptors (Lipinski definition) is 4. The molecule has 1 rings (SSSR count). The molecule has 0 unspecified atom stereocenters. The lowest BCUT2D eigenvalue weighted by atomic mass is 10.4. The van der Waals surface area contributed by atoms with Gasteiger partial charge < -0.3 is 5.11 Å². The van der Waals surface area contributed by atoms with Gasteiger partial charge in [-0.05, 0) is 18.2 Å². The molecule has 5 heteroatoms. The predicted molar refractivity (Wildman–Crippen MR) is 56.6 cm³/mol. The molecule has 13 heavy (non-hydrogen) atoms. The molecule has 0 atom stereocenters. The zero-order chi connectivity index (χ0) is 9.68. The third-order valence-electron chi connectivity index (χ3n) is 1.30. The Kier molecular flexibility index (Phi) is 3.98. The van der Waals surface area contributed by atoms with Crippen LogP contribution in [0.2, 0.25) is 0 Å². The zero-order valence-corrected chi connectivity index (χ0v) is 8.52. The average molecular weight is 215 g/mol. The van der Waals surface area contributed by atoms with E-state index in [0.717, 1.165) is 17.2 Å². The van der Waals surface area contributed by atoms with Crippen LogP contribution in [0.1, 0.15) is 21.9 Å². The maximum atomic E-state index is 10.5. The van der Waals surface area contributed by atoms with Gasteiger partial charge in [-0.2, -0.15) is 12.6 Å². The quantitative estimate of drug-likeness (QED) is 0.757.